The van der Waals surface area contributed by atoms with E-state index in [9.17, 15) is 31.6 Å². The summed E-state index contributed by atoms with van der Waals surface area (Å²) in [5.74, 6) is -2.98. The van der Waals surface area contributed by atoms with Crippen molar-refractivity contribution in [3.8, 4) is 0 Å². The van der Waals surface area contributed by atoms with E-state index >= 15 is 0 Å². The summed E-state index contributed by atoms with van der Waals surface area (Å²) in [5, 5.41) is -1.71. The van der Waals surface area contributed by atoms with Crippen LogP contribution in [0.1, 0.15) is 13.3 Å². The minimum Gasteiger partial charge on any atom is -0.309 e. The van der Waals surface area contributed by atoms with Crippen molar-refractivity contribution in [2.75, 3.05) is 21.0 Å². The molecule has 28 heavy (non-hydrogen) atoms. The third kappa shape index (κ3) is 3.20. The summed E-state index contributed by atoms with van der Waals surface area (Å²) in [7, 11) is -4.39. The lowest BCUT2D eigenvalue weighted by atomic mass is 10.2. The van der Waals surface area contributed by atoms with Crippen LogP contribution in [0.15, 0.2) is 12.1 Å². The fourth-order valence-electron chi connectivity index (χ4n) is 3.24. The van der Waals surface area contributed by atoms with Crippen LogP contribution in [0.4, 0.5) is 25.0 Å². The molecule has 8 nitrogen and oxygen atoms in total. The molecular formula is C15H13Cl2F2N3O5S. The molecule has 0 radical (unpaired) electrons. The Bertz CT molecular complexity index is 966. The van der Waals surface area contributed by atoms with Gasteiger partial charge in [0.15, 0.2) is 0 Å². The van der Waals surface area contributed by atoms with Crippen LogP contribution in [0.5, 0.6) is 0 Å². The zero-order chi connectivity index (χ0) is 21.0. The summed E-state index contributed by atoms with van der Waals surface area (Å²) in [6.07, 6.45) is -1.54. The molecule has 1 aromatic rings. The zero-order valence-electron chi connectivity index (χ0n) is 14.2. The number of benzene rings is 1. The van der Waals surface area contributed by atoms with E-state index in [0.29, 0.717) is 4.90 Å². The van der Waals surface area contributed by atoms with E-state index < -0.39 is 61.8 Å². The number of imide groups is 1. The SMILES string of the molecule is CC(=O)N(c1cc(N2C(=O)[C@H]3C[C@H](F)CN3C2=O)cc(F)c1Cl)S(=O)(=O)CCl. The highest BCUT2D eigenvalue weighted by Gasteiger charge is 2.51. The first-order valence-corrected chi connectivity index (χ1v) is 10.4. The maximum absolute atomic E-state index is 14.4. The van der Waals surface area contributed by atoms with E-state index in [-0.39, 0.29) is 23.0 Å². The second-order valence-corrected chi connectivity index (χ2v) is 9.00. The van der Waals surface area contributed by atoms with Gasteiger partial charge >= 0.3 is 6.03 Å². The van der Waals surface area contributed by atoms with Crippen molar-refractivity contribution in [2.24, 2.45) is 0 Å². The van der Waals surface area contributed by atoms with Gasteiger partial charge in [-0.25, -0.2) is 31.2 Å². The summed E-state index contributed by atoms with van der Waals surface area (Å²) >= 11 is 11.2. The number of anilines is 2. The van der Waals surface area contributed by atoms with Crippen molar-refractivity contribution in [1.29, 1.82) is 0 Å². The van der Waals surface area contributed by atoms with Crippen LogP contribution in [-0.4, -0.2) is 55.1 Å². The van der Waals surface area contributed by atoms with E-state index in [4.69, 9.17) is 23.2 Å². The molecule has 13 heteroatoms. The van der Waals surface area contributed by atoms with Gasteiger partial charge in [-0.05, 0) is 12.1 Å². The third-order valence-electron chi connectivity index (χ3n) is 4.37. The fraction of sp³-hybridized carbons (Fsp3) is 0.400. The average Bonchev–Trinajstić information content (AvgIpc) is 3.09. The molecule has 0 aliphatic carbocycles. The highest BCUT2D eigenvalue weighted by Crippen LogP contribution is 2.39. The van der Waals surface area contributed by atoms with Crippen molar-refractivity contribution in [3.63, 3.8) is 0 Å². The van der Waals surface area contributed by atoms with Crippen molar-refractivity contribution < 1.29 is 31.6 Å². The van der Waals surface area contributed by atoms with Crippen molar-refractivity contribution in [2.45, 2.75) is 25.6 Å². The van der Waals surface area contributed by atoms with Crippen LogP contribution in [0.25, 0.3) is 0 Å². The van der Waals surface area contributed by atoms with E-state index in [1.807, 2.05) is 0 Å². The van der Waals surface area contributed by atoms with Gasteiger partial charge in [0.25, 0.3) is 15.9 Å². The fourth-order valence-corrected chi connectivity index (χ4v) is 4.71. The van der Waals surface area contributed by atoms with E-state index in [1.165, 1.54) is 0 Å². The highest BCUT2D eigenvalue weighted by molar-refractivity contribution is 7.94. The Morgan fingerprint density at radius 3 is 2.54 bits per heavy atom. The number of rotatable bonds is 4. The predicted octanol–water partition coefficient (Wildman–Crippen LogP) is 2.24. The molecule has 152 valence electrons. The first kappa shape index (κ1) is 20.7. The zero-order valence-corrected chi connectivity index (χ0v) is 16.6. The molecule has 0 bridgehead atoms. The highest BCUT2D eigenvalue weighted by atomic mass is 35.5. The molecule has 0 saturated carbocycles. The second-order valence-electron chi connectivity index (χ2n) is 6.22. The maximum Gasteiger partial charge on any atom is 0.332 e. The number of nitrogens with zero attached hydrogens (tertiary/aromatic N) is 3. The molecule has 0 N–H and O–H groups in total. The molecular weight excluding hydrogens is 443 g/mol. The molecule has 0 spiro atoms. The number of carbonyl (C=O) groups is 3. The molecule has 2 atom stereocenters. The number of hydrogen-bond acceptors (Lipinski definition) is 5. The van der Waals surface area contributed by atoms with E-state index in [1.54, 1.807) is 0 Å². The monoisotopic (exact) mass is 455 g/mol. The van der Waals surface area contributed by atoms with Gasteiger partial charge in [0.2, 0.25) is 5.91 Å². The average molecular weight is 456 g/mol. The number of sulfonamides is 1. The number of alkyl halides is 2. The number of urea groups is 1. The number of amides is 4. The van der Waals surface area contributed by atoms with Gasteiger partial charge in [-0.15, -0.1) is 11.6 Å². The third-order valence-corrected chi connectivity index (χ3v) is 6.85. The lowest BCUT2D eigenvalue weighted by Crippen LogP contribution is -2.37. The van der Waals surface area contributed by atoms with Gasteiger partial charge in [-0.3, -0.25) is 9.59 Å². The Kier molecular flexibility index (Phi) is 5.28. The number of fused-ring (bicyclic) bond motifs is 1. The number of halogens is 4. The van der Waals surface area contributed by atoms with Crippen LogP contribution in [0.3, 0.4) is 0 Å². The van der Waals surface area contributed by atoms with Gasteiger partial charge in [0.1, 0.15) is 28.3 Å². The quantitative estimate of drug-likeness (QED) is 0.512. The molecule has 0 unspecified atom stereocenters. The molecule has 3 rings (SSSR count). The summed E-state index contributed by atoms with van der Waals surface area (Å²) in [4.78, 5) is 38.5. The molecule has 2 fully saturated rings. The number of carbonyl (C=O) groups excluding carboxylic acids is 3. The first-order chi connectivity index (χ1) is 13.0. The van der Waals surface area contributed by atoms with Crippen LogP contribution < -0.4 is 9.21 Å². The molecule has 0 aromatic heterocycles. The standard InChI is InChI=1S/C15H13Cl2F2N3O5S/c1-7(23)22(28(26,27)6-16)11-4-9(3-10(19)13(11)17)21-14(24)12-2-8(18)5-20(12)15(21)25/h3-4,8,12H,2,5-6H2,1H3/t8-,12+/m0/s1. The minimum absolute atomic E-state index is 0.190. The summed E-state index contributed by atoms with van der Waals surface area (Å²) in [5.41, 5.74) is -0.937. The Hall–Kier alpha value is -1.98. The van der Waals surface area contributed by atoms with Crippen molar-refractivity contribution in [1.82, 2.24) is 4.90 Å². The lowest BCUT2D eigenvalue weighted by molar-refractivity contribution is -0.119. The summed E-state index contributed by atoms with van der Waals surface area (Å²) in [6, 6.07) is -0.234. The van der Waals surface area contributed by atoms with Crippen LogP contribution >= 0.6 is 23.2 Å². The van der Waals surface area contributed by atoms with Gasteiger partial charge in [0.05, 0.1) is 17.9 Å². The normalized spacial score (nSPS) is 22.0. The largest absolute Gasteiger partial charge is 0.332 e. The Morgan fingerprint density at radius 1 is 1.36 bits per heavy atom. The van der Waals surface area contributed by atoms with E-state index in [0.717, 1.165) is 24.0 Å². The van der Waals surface area contributed by atoms with Gasteiger partial charge in [0, 0.05) is 13.3 Å². The smallest absolute Gasteiger partial charge is 0.309 e. The van der Waals surface area contributed by atoms with Gasteiger partial charge in [-0.2, -0.15) is 0 Å². The molecule has 1 aromatic carbocycles. The van der Waals surface area contributed by atoms with E-state index in [2.05, 4.69) is 0 Å². The topological polar surface area (TPSA) is 95.1 Å². The Labute approximate surface area is 168 Å². The minimum atomic E-state index is -4.39. The second kappa shape index (κ2) is 7.12. The Balaban J connectivity index is 2.12. The molecule has 2 aliphatic rings. The summed E-state index contributed by atoms with van der Waals surface area (Å²) < 4.78 is 52.4. The number of hydrogen-bond donors (Lipinski definition) is 0. The van der Waals surface area contributed by atoms with Crippen LogP contribution in [-0.2, 0) is 19.6 Å². The molecule has 2 saturated heterocycles. The van der Waals surface area contributed by atoms with Crippen molar-refractivity contribution >= 4 is 62.4 Å². The maximum atomic E-state index is 14.4. The lowest BCUT2D eigenvalue weighted by Gasteiger charge is -2.23. The Morgan fingerprint density at radius 2 is 2.00 bits per heavy atom. The molecule has 4 amide bonds. The molecule has 2 aliphatic heterocycles. The summed E-state index contributed by atoms with van der Waals surface area (Å²) in [6.45, 7) is 0.615. The van der Waals surface area contributed by atoms with Crippen LogP contribution in [0.2, 0.25) is 5.02 Å². The van der Waals surface area contributed by atoms with Crippen molar-refractivity contribution in [3.05, 3.63) is 23.0 Å². The van der Waals surface area contributed by atoms with Gasteiger partial charge in [-0.1, -0.05) is 11.6 Å². The molecule has 2 heterocycles. The predicted molar refractivity (Wildman–Crippen MR) is 97.1 cm³/mol. The van der Waals surface area contributed by atoms with Gasteiger partial charge < -0.3 is 4.90 Å². The first-order valence-electron chi connectivity index (χ1n) is 7.86. The van der Waals surface area contributed by atoms with Crippen LogP contribution in [0, 0.1) is 5.82 Å².